The van der Waals surface area contributed by atoms with Gasteiger partial charge in [0.2, 0.25) is 0 Å². The van der Waals surface area contributed by atoms with Crippen LogP contribution < -0.4 is 0 Å². The molecule has 2 heterocycles. The standard InChI is InChI=1S/C10H20NO3/c1-11(2)4-3-10(7-9(11)8-12)13-5-6-14-10/h9,12H,3-8H2,1-2H3/q+1. The lowest BCUT2D eigenvalue weighted by Gasteiger charge is -2.46. The van der Waals surface area contributed by atoms with E-state index in [-0.39, 0.29) is 18.4 Å². The van der Waals surface area contributed by atoms with Crippen LogP contribution in [-0.4, -0.2) is 61.9 Å². The molecule has 4 heteroatoms. The summed E-state index contributed by atoms with van der Waals surface area (Å²) in [5, 5.41) is 9.34. The monoisotopic (exact) mass is 202 g/mol. The number of likely N-dealkylation sites (N-methyl/N-ethyl adjacent to an activating group) is 1. The third-order valence-corrected chi connectivity index (χ3v) is 3.63. The highest BCUT2D eigenvalue weighted by molar-refractivity contribution is 4.82. The first-order valence-corrected chi connectivity index (χ1v) is 5.29. The van der Waals surface area contributed by atoms with E-state index in [2.05, 4.69) is 14.1 Å². The van der Waals surface area contributed by atoms with Crippen LogP contribution in [0.3, 0.4) is 0 Å². The zero-order valence-corrected chi connectivity index (χ0v) is 9.03. The van der Waals surface area contributed by atoms with Crippen molar-refractivity contribution in [3.05, 3.63) is 0 Å². The molecule has 0 aliphatic carbocycles. The van der Waals surface area contributed by atoms with E-state index in [9.17, 15) is 5.11 Å². The molecule has 2 saturated heterocycles. The first-order valence-electron chi connectivity index (χ1n) is 5.29. The van der Waals surface area contributed by atoms with Gasteiger partial charge in [-0.1, -0.05) is 0 Å². The number of quaternary nitrogens is 1. The Kier molecular flexibility index (Phi) is 2.55. The molecular formula is C10H20NO3+. The Morgan fingerprint density at radius 3 is 2.57 bits per heavy atom. The van der Waals surface area contributed by atoms with Gasteiger partial charge in [0.1, 0.15) is 6.04 Å². The number of hydrogen-bond acceptors (Lipinski definition) is 3. The SMILES string of the molecule is C[N+]1(C)CCC2(CC1CO)OCCO2. The van der Waals surface area contributed by atoms with E-state index in [1.165, 1.54) is 0 Å². The summed E-state index contributed by atoms with van der Waals surface area (Å²) in [6.07, 6.45) is 1.76. The van der Waals surface area contributed by atoms with Crippen LogP contribution in [0.25, 0.3) is 0 Å². The fourth-order valence-corrected chi connectivity index (χ4v) is 2.39. The average molecular weight is 202 g/mol. The van der Waals surface area contributed by atoms with E-state index in [0.717, 1.165) is 23.9 Å². The molecular weight excluding hydrogens is 182 g/mol. The molecule has 0 radical (unpaired) electrons. The number of aliphatic hydroxyl groups excluding tert-OH is 1. The molecule has 2 rings (SSSR count). The Bertz CT molecular complexity index is 211. The third-order valence-electron chi connectivity index (χ3n) is 3.63. The maximum atomic E-state index is 9.34. The highest BCUT2D eigenvalue weighted by Crippen LogP contribution is 2.36. The van der Waals surface area contributed by atoms with Crippen molar-refractivity contribution in [3.63, 3.8) is 0 Å². The van der Waals surface area contributed by atoms with Crippen LogP contribution in [0.15, 0.2) is 0 Å². The van der Waals surface area contributed by atoms with Gasteiger partial charge in [-0.15, -0.1) is 0 Å². The Labute approximate surface area is 85.0 Å². The maximum absolute atomic E-state index is 9.34. The molecule has 0 bridgehead atoms. The molecule has 2 fully saturated rings. The van der Waals surface area contributed by atoms with Crippen molar-refractivity contribution < 1.29 is 19.1 Å². The fraction of sp³-hybridized carbons (Fsp3) is 1.00. The van der Waals surface area contributed by atoms with E-state index in [0.29, 0.717) is 13.2 Å². The van der Waals surface area contributed by atoms with Gasteiger partial charge in [0.05, 0.1) is 53.3 Å². The van der Waals surface area contributed by atoms with Gasteiger partial charge in [0, 0.05) is 0 Å². The number of ether oxygens (including phenoxy) is 2. The summed E-state index contributed by atoms with van der Waals surface area (Å²) >= 11 is 0. The minimum absolute atomic E-state index is 0.210. The van der Waals surface area contributed by atoms with Crippen LogP contribution in [-0.2, 0) is 9.47 Å². The average Bonchev–Trinajstić information content (AvgIpc) is 2.59. The number of nitrogens with zero attached hydrogens (tertiary/aromatic N) is 1. The van der Waals surface area contributed by atoms with Crippen molar-refractivity contribution in [2.45, 2.75) is 24.7 Å². The molecule has 2 aliphatic rings. The first-order chi connectivity index (χ1) is 6.58. The summed E-state index contributed by atoms with van der Waals surface area (Å²) in [7, 11) is 4.31. The Morgan fingerprint density at radius 1 is 1.36 bits per heavy atom. The van der Waals surface area contributed by atoms with Crippen molar-refractivity contribution in [3.8, 4) is 0 Å². The van der Waals surface area contributed by atoms with E-state index in [1.54, 1.807) is 0 Å². The number of hydrogen-bond donors (Lipinski definition) is 1. The zero-order valence-electron chi connectivity index (χ0n) is 9.03. The van der Waals surface area contributed by atoms with Gasteiger partial charge in [-0.25, -0.2) is 0 Å². The number of rotatable bonds is 1. The molecule has 0 aromatic rings. The highest BCUT2D eigenvalue weighted by atomic mass is 16.7. The normalized spacial score (nSPS) is 34.9. The smallest absolute Gasteiger partial charge is 0.179 e. The van der Waals surface area contributed by atoms with Gasteiger partial charge >= 0.3 is 0 Å². The van der Waals surface area contributed by atoms with Gasteiger partial charge in [0.15, 0.2) is 5.79 Å². The second kappa shape index (κ2) is 3.45. The summed E-state index contributed by atoms with van der Waals surface area (Å²) in [4.78, 5) is 0. The molecule has 0 amide bonds. The number of piperidine rings is 1. The highest BCUT2D eigenvalue weighted by Gasteiger charge is 2.48. The second-order valence-corrected chi connectivity index (χ2v) is 4.90. The third kappa shape index (κ3) is 1.67. The lowest BCUT2D eigenvalue weighted by molar-refractivity contribution is -0.924. The van der Waals surface area contributed by atoms with E-state index in [4.69, 9.17) is 9.47 Å². The zero-order chi connectivity index (χ0) is 10.2. The number of aliphatic hydroxyl groups is 1. The Morgan fingerprint density at radius 2 is 2.00 bits per heavy atom. The van der Waals surface area contributed by atoms with Gasteiger partial charge in [-0.2, -0.15) is 0 Å². The maximum Gasteiger partial charge on any atom is 0.179 e. The molecule has 14 heavy (non-hydrogen) atoms. The largest absolute Gasteiger partial charge is 0.390 e. The van der Waals surface area contributed by atoms with E-state index in [1.807, 2.05) is 0 Å². The number of likely N-dealkylation sites (tertiary alicyclic amines) is 1. The molecule has 1 spiro atoms. The minimum Gasteiger partial charge on any atom is -0.390 e. The molecule has 0 aromatic heterocycles. The minimum atomic E-state index is -0.374. The van der Waals surface area contributed by atoms with Crippen LogP contribution in [0.5, 0.6) is 0 Å². The molecule has 1 N–H and O–H groups in total. The first kappa shape index (κ1) is 10.4. The van der Waals surface area contributed by atoms with Crippen LogP contribution >= 0.6 is 0 Å². The fourth-order valence-electron chi connectivity index (χ4n) is 2.39. The van der Waals surface area contributed by atoms with E-state index >= 15 is 0 Å². The van der Waals surface area contributed by atoms with Crippen molar-refractivity contribution in [2.75, 3.05) is 40.5 Å². The van der Waals surface area contributed by atoms with Crippen LogP contribution in [0.4, 0.5) is 0 Å². The molecule has 82 valence electrons. The van der Waals surface area contributed by atoms with Gasteiger partial charge in [0.25, 0.3) is 0 Å². The molecule has 1 unspecified atom stereocenters. The van der Waals surface area contributed by atoms with Gasteiger partial charge < -0.3 is 19.1 Å². The Hall–Kier alpha value is -0.160. The predicted octanol–water partition coefficient (Wildman–Crippen LogP) is -0.0394. The summed E-state index contributed by atoms with van der Waals surface area (Å²) in [5.41, 5.74) is 0. The molecule has 1 atom stereocenters. The lowest BCUT2D eigenvalue weighted by Crippen LogP contribution is -2.60. The van der Waals surface area contributed by atoms with E-state index < -0.39 is 0 Å². The summed E-state index contributed by atoms with van der Waals surface area (Å²) < 4.78 is 12.2. The summed E-state index contributed by atoms with van der Waals surface area (Å²) in [6.45, 7) is 2.61. The topological polar surface area (TPSA) is 38.7 Å². The van der Waals surface area contributed by atoms with Crippen molar-refractivity contribution in [1.82, 2.24) is 0 Å². The lowest BCUT2D eigenvalue weighted by atomic mass is 9.94. The molecule has 4 nitrogen and oxygen atoms in total. The second-order valence-electron chi connectivity index (χ2n) is 4.90. The van der Waals surface area contributed by atoms with Crippen molar-refractivity contribution >= 4 is 0 Å². The van der Waals surface area contributed by atoms with Crippen LogP contribution in [0.1, 0.15) is 12.8 Å². The van der Waals surface area contributed by atoms with Gasteiger partial charge in [-0.05, 0) is 0 Å². The molecule has 0 aromatic carbocycles. The van der Waals surface area contributed by atoms with Gasteiger partial charge in [-0.3, -0.25) is 0 Å². The molecule has 0 saturated carbocycles. The predicted molar refractivity (Wildman–Crippen MR) is 51.7 cm³/mol. The van der Waals surface area contributed by atoms with Crippen LogP contribution in [0.2, 0.25) is 0 Å². The van der Waals surface area contributed by atoms with Crippen molar-refractivity contribution in [1.29, 1.82) is 0 Å². The quantitative estimate of drug-likeness (QED) is 0.606. The summed E-state index contributed by atoms with van der Waals surface area (Å²) in [5.74, 6) is -0.374. The molecule has 2 aliphatic heterocycles. The summed E-state index contributed by atoms with van der Waals surface area (Å²) in [6, 6.07) is 0.238. The Balaban J connectivity index is 2.08. The van der Waals surface area contributed by atoms with Crippen LogP contribution in [0, 0.1) is 0 Å². The van der Waals surface area contributed by atoms with Crippen molar-refractivity contribution in [2.24, 2.45) is 0 Å².